The van der Waals surface area contributed by atoms with Crippen molar-refractivity contribution in [3.05, 3.63) is 18.5 Å². The Kier molecular flexibility index (Phi) is 4.02. The number of hydrogen-bond donors (Lipinski definition) is 0. The van der Waals surface area contributed by atoms with Crippen molar-refractivity contribution >= 4 is 11.9 Å². The van der Waals surface area contributed by atoms with Gasteiger partial charge in [0, 0.05) is 45.0 Å². The average Bonchev–Trinajstić information content (AvgIpc) is 2.38. The van der Waals surface area contributed by atoms with Gasteiger partial charge in [-0.05, 0) is 11.5 Å². The Morgan fingerprint density at radius 3 is 2.26 bits per heavy atom. The summed E-state index contributed by atoms with van der Waals surface area (Å²) in [6.07, 6.45) is 4.10. The van der Waals surface area contributed by atoms with Gasteiger partial charge in [-0.2, -0.15) is 0 Å². The molecular formula is C14H22N4O. The summed E-state index contributed by atoms with van der Waals surface area (Å²) in [5.74, 6) is 1.01. The van der Waals surface area contributed by atoms with E-state index in [-0.39, 0.29) is 11.3 Å². The van der Waals surface area contributed by atoms with Crippen LogP contribution in [0, 0.1) is 5.41 Å². The lowest BCUT2D eigenvalue weighted by Gasteiger charge is -2.35. The molecule has 0 aromatic carbocycles. The van der Waals surface area contributed by atoms with Crippen LogP contribution in [-0.4, -0.2) is 47.0 Å². The molecule has 19 heavy (non-hydrogen) atoms. The van der Waals surface area contributed by atoms with Gasteiger partial charge >= 0.3 is 0 Å². The van der Waals surface area contributed by atoms with Gasteiger partial charge in [0.1, 0.15) is 0 Å². The molecule has 1 aliphatic heterocycles. The zero-order chi connectivity index (χ0) is 13.9. The fourth-order valence-corrected chi connectivity index (χ4v) is 2.18. The summed E-state index contributed by atoms with van der Waals surface area (Å²) < 4.78 is 0. The first-order valence-corrected chi connectivity index (χ1v) is 6.75. The molecule has 5 nitrogen and oxygen atoms in total. The van der Waals surface area contributed by atoms with Crippen LogP contribution in [0.25, 0.3) is 0 Å². The van der Waals surface area contributed by atoms with Crippen molar-refractivity contribution in [3.63, 3.8) is 0 Å². The van der Waals surface area contributed by atoms with Crippen LogP contribution in [0.1, 0.15) is 27.2 Å². The van der Waals surface area contributed by atoms with E-state index < -0.39 is 0 Å². The molecule has 2 rings (SSSR count). The normalized spacial score (nSPS) is 16.6. The van der Waals surface area contributed by atoms with E-state index in [9.17, 15) is 4.79 Å². The number of rotatable bonds is 2. The third-order valence-electron chi connectivity index (χ3n) is 3.15. The predicted octanol–water partition coefficient (Wildman–Crippen LogP) is 1.56. The highest BCUT2D eigenvalue weighted by molar-refractivity contribution is 5.77. The summed E-state index contributed by atoms with van der Waals surface area (Å²) in [6.45, 7) is 9.41. The molecule has 0 aliphatic carbocycles. The Labute approximate surface area is 114 Å². The Morgan fingerprint density at radius 1 is 1.16 bits per heavy atom. The molecule has 1 aliphatic rings. The monoisotopic (exact) mass is 262 g/mol. The van der Waals surface area contributed by atoms with Crippen LogP contribution in [0.15, 0.2) is 18.5 Å². The standard InChI is InChI=1S/C14H22N4O/c1-14(2,3)11-12(19)17-7-9-18(10-8-17)13-15-5-4-6-16-13/h4-6H,7-11H2,1-3H3. The topological polar surface area (TPSA) is 49.3 Å². The Hall–Kier alpha value is -1.65. The van der Waals surface area contributed by atoms with Gasteiger partial charge in [-0.3, -0.25) is 4.79 Å². The van der Waals surface area contributed by atoms with Crippen molar-refractivity contribution in [3.8, 4) is 0 Å². The molecule has 1 aromatic rings. The van der Waals surface area contributed by atoms with Gasteiger partial charge < -0.3 is 9.80 Å². The highest BCUT2D eigenvalue weighted by Gasteiger charge is 2.25. The molecule has 0 atom stereocenters. The molecule has 1 saturated heterocycles. The van der Waals surface area contributed by atoms with Crippen molar-refractivity contribution in [2.75, 3.05) is 31.1 Å². The lowest BCUT2D eigenvalue weighted by molar-refractivity contribution is -0.133. The fourth-order valence-electron chi connectivity index (χ4n) is 2.18. The Balaban J connectivity index is 1.88. The van der Waals surface area contributed by atoms with E-state index >= 15 is 0 Å². The van der Waals surface area contributed by atoms with E-state index in [1.54, 1.807) is 12.4 Å². The number of hydrogen-bond acceptors (Lipinski definition) is 4. The van der Waals surface area contributed by atoms with Crippen LogP contribution in [0.3, 0.4) is 0 Å². The molecular weight excluding hydrogens is 240 g/mol. The quantitative estimate of drug-likeness (QED) is 0.811. The highest BCUT2D eigenvalue weighted by Crippen LogP contribution is 2.20. The molecule has 0 spiro atoms. The number of piperazine rings is 1. The zero-order valence-corrected chi connectivity index (χ0v) is 12.0. The molecule has 1 aromatic heterocycles. The number of aromatic nitrogens is 2. The number of nitrogens with zero attached hydrogens (tertiary/aromatic N) is 4. The zero-order valence-electron chi connectivity index (χ0n) is 12.0. The minimum atomic E-state index is 0.0523. The largest absolute Gasteiger partial charge is 0.339 e. The van der Waals surface area contributed by atoms with Gasteiger partial charge in [-0.25, -0.2) is 9.97 Å². The second kappa shape index (κ2) is 5.55. The smallest absolute Gasteiger partial charge is 0.225 e. The molecule has 0 bridgehead atoms. The maximum absolute atomic E-state index is 12.1. The van der Waals surface area contributed by atoms with Gasteiger partial charge in [0.2, 0.25) is 11.9 Å². The summed E-state index contributed by atoms with van der Waals surface area (Å²) in [4.78, 5) is 24.7. The van der Waals surface area contributed by atoms with E-state index in [2.05, 4.69) is 35.6 Å². The number of amides is 1. The summed E-state index contributed by atoms with van der Waals surface area (Å²) in [5, 5.41) is 0. The number of carbonyl (C=O) groups is 1. The van der Waals surface area contributed by atoms with Crippen LogP contribution in [0.5, 0.6) is 0 Å². The van der Waals surface area contributed by atoms with Crippen LogP contribution >= 0.6 is 0 Å². The molecule has 0 radical (unpaired) electrons. The van der Waals surface area contributed by atoms with E-state index in [0.29, 0.717) is 6.42 Å². The van der Waals surface area contributed by atoms with Crippen molar-refractivity contribution in [1.29, 1.82) is 0 Å². The second-order valence-corrected chi connectivity index (χ2v) is 6.15. The number of anilines is 1. The molecule has 5 heteroatoms. The van der Waals surface area contributed by atoms with Gasteiger partial charge in [0.05, 0.1) is 0 Å². The first-order chi connectivity index (χ1) is 8.96. The van der Waals surface area contributed by atoms with Crippen molar-refractivity contribution in [1.82, 2.24) is 14.9 Å². The summed E-state index contributed by atoms with van der Waals surface area (Å²) >= 11 is 0. The average molecular weight is 262 g/mol. The molecule has 0 unspecified atom stereocenters. The molecule has 1 amide bonds. The first kappa shape index (κ1) is 13.8. The molecule has 1 fully saturated rings. The highest BCUT2D eigenvalue weighted by atomic mass is 16.2. The van der Waals surface area contributed by atoms with E-state index in [0.717, 1.165) is 32.1 Å². The van der Waals surface area contributed by atoms with Crippen molar-refractivity contribution in [2.24, 2.45) is 5.41 Å². The lowest BCUT2D eigenvalue weighted by atomic mass is 9.91. The van der Waals surface area contributed by atoms with Crippen LogP contribution in [0.4, 0.5) is 5.95 Å². The van der Waals surface area contributed by atoms with E-state index in [1.807, 2.05) is 11.0 Å². The Bertz CT molecular complexity index is 419. The molecule has 0 N–H and O–H groups in total. The maximum atomic E-state index is 12.1. The SMILES string of the molecule is CC(C)(C)CC(=O)N1CCN(c2ncccn2)CC1. The summed E-state index contributed by atoms with van der Waals surface area (Å²) in [6, 6.07) is 1.81. The van der Waals surface area contributed by atoms with Gasteiger partial charge in [-0.15, -0.1) is 0 Å². The third-order valence-corrected chi connectivity index (χ3v) is 3.15. The molecule has 2 heterocycles. The lowest BCUT2D eigenvalue weighted by Crippen LogP contribution is -2.49. The van der Waals surface area contributed by atoms with Crippen LogP contribution < -0.4 is 4.90 Å². The second-order valence-electron chi connectivity index (χ2n) is 6.15. The van der Waals surface area contributed by atoms with E-state index in [4.69, 9.17) is 0 Å². The van der Waals surface area contributed by atoms with Gasteiger partial charge in [-0.1, -0.05) is 20.8 Å². The van der Waals surface area contributed by atoms with Crippen LogP contribution in [0.2, 0.25) is 0 Å². The van der Waals surface area contributed by atoms with Gasteiger partial charge in [0.15, 0.2) is 0 Å². The minimum absolute atomic E-state index is 0.0523. The predicted molar refractivity (Wildman–Crippen MR) is 74.9 cm³/mol. The third kappa shape index (κ3) is 3.91. The maximum Gasteiger partial charge on any atom is 0.225 e. The molecule has 104 valence electrons. The Morgan fingerprint density at radius 2 is 1.74 bits per heavy atom. The fraction of sp³-hybridized carbons (Fsp3) is 0.643. The molecule has 0 saturated carbocycles. The van der Waals surface area contributed by atoms with Crippen molar-refractivity contribution in [2.45, 2.75) is 27.2 Å². The van der Waals surface area contributed by atoms with Crippen LogP contribution in [-0.2, 0) is 4.79 Å². The van der Waals surface area contributed by atoms with Crippen molar-refractivity contribution < 1.29 is 4.79 Å². The van der Waals surface area contributed by atoms with E-state index in [1.165, 1.54) is 0 Å². The summed E-state index contributed by atoms with van der Waals surface area (Å²) in [5.41, 5.74) is 0.0523. The van der Waals surface area contributed by atoms with Gasteiger partial charge in [0.25, 0.3) is 0 Å². The minimum Gasteiger partial charge on any atom is -0.339 e. The number of carbonyl (C=O) groups excluding carboxylic acids is 1. The summed E-state index contributed by atoms with van der Waals surface area (Å²) in [7, 11) is 0. The first-order valence-electron chi connectivity index (χ1n) is 6.75.